The third-order valence-corrected chi connectivity index (χ3v) is 4.24. The minimum Gasteiger partial charge on any atom is -0.370 e. The molecular weight excluding hydrogens is 331 g/mol. The van der Waals surface area contributed by atoms with Gasteiger partial charge in [-0.15, -0.1) is 0 Å². The van der Waals surface area contributed by atoms with E-state index in [1.807, 2.05) is 0 Å². The number of rotatable bonds is 3. The van der Waals surface area contributed by atoms with Crippen molar-refractivity contribution in [1.82, 2.24) is 4.98 Å². The molecule has 2 aromatic rings. The smallest absolute Gasteiger partial charge is 0.257 e. The van der Waals surface area contributed by atoms with Crippen molar-refractivity contribution in [3.05, 3.63) is 53.6 Å². The van der Waals surface area contributed by atoms with Crippen LogP contribution < -0.4 is 10.2 Å². The minimum absolute atomic E-state index is 0.228. The summed E-state index contributed by atoms with van der Waals surface area (Å²) in [5.74, 6) is -4.98. The Labute approximate surface area is 143 Å². The summed E-state index contributed by atoms with van der Waals surface area (Å²) in [5, 5.41) is 2.26. The first kappa shape index (κ1) is 17.3. The molecule has 0 unspecified atom stereocenters. The lowest BCUT2D eigenvalue weighted by atomic mass is 10.2. The fourth-order valence-electron chi connectivity index (χ4n) is 2.87. The average molecular weight is 349 g/mol. The molecule has 7 heteroatoms. The summed E-state index contributed by atoms with van der Waals surface area (Å²) >= 11 is 0. The summed E-state index contributed by atoms with van der Waals surface area (Å²) in [6.45, 7) is 1.79. The molecule has 0 atom stereocenters. The minimum atomic E-state index is -1.62. The molecule has 3 rings (SSSR count). The zero-order chi connectivity index (χ0) is 17.8. The summed E-state index contributed by atoms with van der Waals surface area (Å²) in [5.41, 5.74) is 0.635. The lowest BCUT2D eigenvalue weighted by molar-refractivity contribution is 0.102. The van der Waals surface area contributed by atoms with Crippen LogP contribution in [-0.4, -0.2) is 24.0 Å². The summed E-state index contributed by atoms with van der Waals surface area (Å²) in [4.78, 5) is 18.6. The number of carbonyl (C=O) groups is 1. The summed E-state index contributed by atoms with van der Waals surface area (Å²) in [6, 6.07) is 3.42. The Balaban J connectivity index is 1.78. The first-order valence-corrected chi connectivity index (χ1v) is 8.21. The molecule has 0 aliphatic carbocycles. The normalized spacial score (nSPS) is 14.9. The van der Waals surface area contributed by atoms with E-state index >= 15 is 0 Å². The fraction of sp³-hybridized carbons (Fsp3) is 0.333. The Morgan fingerprint density at radius 3 is 2.44 bits per heavy atom. The van der Waals surface area contributed by atoms with E-state index in [9.17, 15) is 18.0 Å². The van der Waals surface area contributed by atoms with Gasteiger partial charge in [0.25, 0.3) is 5.91 Å². The summed E-state index contributed by atoms with van der Waals surface area (Å²) in [6.07, 6.45) is 7.56. The first-order valence-electron chi connectivity index (χ1n) is 8.21. The molecule has 1 aromatic carbocycles. The molecular formula is C18H18F3N3O. The van der Waals surface area contributed by atoms with E-state index in [4.69, 9.17) is 0 Å². The number of benzene rings is 1. The van der Waals surface area contributed by atoms with Crippen LogP contribution in [0.2, 0.25) is 0 Å². The maximum atomic E-state index is 13.7. The van der Waals surface area contributed by atoms with Gasteiger partial charge in [0.15, 0.2) is 17.5 Å². The van der Waals surface area contributed by atoms with Crippen molar-refractivity contribution in [1.29, 1.82) is 0 Å². The number of hydrogen-bond acceptors (Lipinski definition) is 3. The zero-order valence-electron chi connectivity index (χ0n) is 13.6. The van der Waals surface area contributed by atoms with E-state index in [2.05, 4.69) is 15.2 Å². The molecule has 0 saturated carbocycles. The third kappa shape index (κ3) is 3.92. The predicted octanol–water partition coefficient (Wildman–Crippen LogP) is 4.13. The maximum Gasteiger partial charge on any atom is 0.257 e. The Hall–Kier alpha value is -2.57. The van der Waals surface area contributed by atoms with Crippen LogP contribution in [0.5, 0.6) is 0 Å². The molecule has 4 nitrogen and oxygen atoms in total. The maximum absolute atomic E-state index is 13.7. The molecule has 1 saturated heterocycles. The number of aromatic nitrogens is 1. The Morgan fingerprint density at radius 1 is 1.00 bits per heavy atom. The van der Waals surface area contributed by atoms with Gasteiger partial charge < -0.3 is 10.2 Å². The quantitative estimate of drug-likeness (QED) is 0.848. The molecule has 1 aliphatic heterocycles. The van der Waals surface area contributed by atoms with Crippen LogP contribution in [0.25, 0.3) is 0 Å². The molecule has 1 aromatic heterocycles. The molecule has 132 valence electrons. The highest BCUT2D eigenvalue weighted by Gasteiger charge is 2.17. The lowest BCUT2D eigenvalue weighted by Gasteiger charge is -2.22. The Kier molecular flexibility index (Phi) is 5.21. The molecule has 1 N–H and O–H groups in total. The van der Waals surface area contributed by atoms with Crippen LogP contribution in [0.15, 0.2) is 30.6 Å². The van der Waals surface area contributed by atoms with Gasteiger partial charge in [-0.2, -0.15) is 0 Å². The van der Waals surface area contributed by atoms with Gasteiger partial charge in [0.05, 0.1) is 23.1 Å². The van der Waals surface area contributed by atoms with Gasteiger partial charge in [-0.3, -0.25) is 9.78 Å². The van der Waals surface area contributed by atoms with Gasteiger partial charge in [0.2, 0.25) is 0 Å². The molecule has 25 heavy (non-hydrogen) atoms. The standard InChI is InChI=1S/C18H18F3N3O/c19-14-5-6-15(17(21)16(14)20)23-18(25)12-9-13(11-22-10-12)24-7-3-1-2-4-8-24/h5-6,9-11H,1-4,7-8H2,(H,23,25). The van der Waals surface area contributed by atoms with Crippen LogP contribution in [0.1, 0.15) is 36.0 Å². The summed E-state index contributed by atoms with van der Waals surface area (Å²) in [7, 11) is 0. The van der Waals surface area contributed by atoms with Crippen molar-refractivity contribution in [3.63, 3.8) is 0 Å². The number of nitrogens with one attached hydrogen (secondary N) is 1. The highest BCUT2D eigenvalue weighted by molar-refractivity contribution is 6.04. The van der Waals surface area contributed by atoms with Gasteiger partial charge in [-0.05, 0) is 31.0 Å². The molecule has 2 heterocycles. The van der Waals surface area contributed by atoms with Crippen molar-refractivity contribution >= 4 is 17.3 Å². The molecule has 0 spiro atoms. The van der Waals surface area contributed by atoms with E-state index in [0.717, 1.165) is 43.8 Å². The van der Waals surface area contributed by atoms with Crippen LogP contribution in [0.4, 0.5) is 24.5 Å². The van der Waals surface area contributed by atoms with Gasteiger partial charge in [-0.1, -0.05) is 12.8 Å². The van der Waals surface area contributed by atoms with Crippen LogP contribution in [-0.2, 0) is 0 Å². The van der Waals surface area contributed by atoms with Crippen LogP contribution in [0, 0.1) is 17.5 Å². The molecule has 1 fully saturated rings. The van der Waals surface area contributed by atoms with E-state index in [-0.39, 0.29) is 5.56 Å². The van der Waals surface area contributed by atoms with Crippen molar-refractivity contribution in [2.24, 2.45) is 0 Å². The largest absolute Gasteiger partial charge is 0.370 e. The molecule has 0 radical (unpaired) electrons. The van der Waals surface area contributed by atoms with Gasteiger partial charge in [-0.25, -0.2) is 13.2 Å². The van der Waals surface area contributed by atoms with Crippen molar-refractivity contribution in [2.45, 2.75) is 25.7 Å². The lowest BCUT2D eigenvalue weighted by Crippen LogP contribution is -2.24. The monoisotopic (exact) mass is 349 g/mol. The number of anilines is 2. The fourth-order valence-corrected chi connectivity index (χ4v) is 2.87. The molecule has 1 amide bonds. The Bertz CT molecular complexity index is 774. The first-order chi connectivity index (χ1) is 12.1. The second-order valence-electron chi connectivity index (χ2n) is 6.01. The van der Waals surface area contributed by atoms with Crippen molar-refractivity contribution < 1.29 is 18.0 Å². The van der Waals surface area contributed by atoms with E-state index in [1.54, 1.807) is 12.3 Å². The second kappa shape index (κ2) is 7.55. The highest BCUT2D eigenvalue weighted by Crippen LogP contribution is 2.22. The van der Waals surface area contributed by atoms with Crippen LogP contribution >= 0.6 is 0 Å². The topological polar surface area (TPSA) is 45.2 Å². The zero-order valence-corrected chi connectivity index (χ0v) is 13.6. The van der Waals surface area contributed by atoms with E-state index in [1.165, 1.54) is 19.0 Å². The molecule has 1 aliphatic rings. The van der Waals surface area contributed by atoms with Gasteiger partial charge in [0.1, 0.15) is 0 Å². The number of hydrogen-bond donors (Lipinski definition) is 1. The number of nitrogens with zero attached hydrogens (tertiary/aromatic N) is 2. The van der Waals surface area contributed by atoms with Gasteiger partial charge >= 0.3 is 0 Å². The highest BCUT2D eigenvalue weighted by atomic mass is 19.2. The third-order valence-electron chi connectivity index (χ3n) is 4.24. The Morgan fingerprint density at radius 2 is 1.72 bits per heavy atom. The van der Waals surface area contributed by atoms with Crippen molar-refractivity contribution in [2.75, 3.05) is 23.3 Å². The molecule has 0 bridgehead atoms. The average Bonchev–Trinajstić information content (AvgIpc) is 2.92. The van der Waals surface area contributed by atoms with Crippen molar-refractivity contribution in [3.8, 4) is 0 Å². The predicted molar refractivity (Wildman–Crippen MR) is 89.2 cm³/mol. The number of pyridine rings is 1. The van der Waals surface area contributed by atoms with Crippen LogP contribution in [0.3, 0.4) is 0 Å². The number of halogens is 3. The van der Waals surface area contributed by atoms with E-state index < -0.39 is 29.0 Å². The van der Waals surface area contributed by atoms with E-state index in [0.29, 0.717) is 0 Å². The summed E-state index contributed by atoms with van der Waals surface area (Å²) < 4.78 is 39.9. The second-order valence-corrected chi connectivity index (χ2v) is 6.01. The van der Waals surface area contributed by atoms with Gasteiger partial charge in [0, 0.05) is 19.3 Å². The number of carbonyl (C=O) groups excluding carboxylic acids is 1. The number of amides is 1. The SMILES string of the molecule is O=C(Nc1ccc(F)c(F)c1F)c1cncc(N2CCCCCC2)c1.